The van der Waals surface area contributed by atoms with Gasteiger partial charge in [-0.2, -0.15) is 0 Å². The smallest absolute Gasteiger partial charge is 0.234 e. The van der Waals surface area contributed by atoms with Crippen molar-refractivity contribution in [3.63, 3.8) is 0 Å². The number of carbonyl (C=O) groups is 1. The van der Waals surface area contributed by atoms with Gasteiger partial charge in [0.2, 0.25) is 5.91 Å². The topological polar surface area (TPSA) is 72.7 Å². The van der Waals surface area contributed by atoms with Gasteiger partial charge in [-0.1, -0.05) is 70.3 Å². The van der Waals surface area contributed by atoms with Crippen LogP contribution in [0.4, 0.5) is 5.69 Å². The van der Waals surface area contributed by atoms with Crippen molar-refractivity contribution >= 4 is 69.8 Å². The molecule has 0 fully saturated rings. The molecule has 2 aromatic heterocycles. The van der Waals surface area contributed by atoms with Gasteiger partial charge in [0.25, 0.3) is 0 Å². The first-order chi connectivity index (χ1) is 15.4. The van der Waals surface area contributed by atoms with Gasteiger partial charge in [0.1, 0.15) is 6.33 Å². The van der Waals surface area contributed by atoms with E-state index < -0.39 is 0 Å². The maximum Gasteiger partial charge on any atom is 0.234 e. The molecule has 6 nitrogen and oxygen atoms in total. The van der Waals surface area contributed by atoms with Crippen LogP contribution in [0.3, 0.4) is 0 Å². The Kier molecular flexibility index (Phi) is 7.23. The highest BCUT2D eigenvalue weighted by Gasteiger charge is 2.11. The fourth-order valence-electron chi connectivity index (χ4n) is 2.76. The van der Waals surface area contributed by atoms with Crippen molar-refractivity contribution in [2.24, 2.45) is 0 Å². The van der Waals surface area contributed by atoms with Crippen LogP contribution in [0.25, 0.3) is 16.9 Å². The summed E-state index contributed by atoms with van der Waals surface area (Å²) in [5.41, 5.74) is 2.93. The number of hydrogen-bond acceptors (Lipinski definition) is 5. The zero-order valence-corrected chi connectivity index (χ0v) is 19.9. The van der Waals surface area contributed by atoms with E-state index in [9.17, 15) is 4.79 Å². The number of amides is 1. The molecule has 0 aliphatic heterocycles. The molecule has 4 aromatic rings. The van der Waals surface area contributed by atoms with E-state index in [1.54, 1.807) is 41.4 Å². The van der Waals surface area contributed by atoms with Crippen LogP contribution in [0, 0.1) is 0 Å². The normalized spacial score (nSPS) is 10.9. The average Bonchev–Trinajstić information content (AvgIpc) is 3.13. The van der Waals surface area contributed by atoms with Gasteiger partial charge in [0.05, 0.1) is 22.2 Å². The molecule has 0 aliphatic rings. The van der Waals surface area contributed by atoms with Gasteiger partial charge in [-0.3, -0.25) is 9.36 Å². The standard InChI is InChI=1S/C21H13Cl4N5OS/c22-13-3-6-17(15(23)9-13)28-18(31)10-32-21-26-8-7-16(29-21)12-1-4-14(5-2-12)30-11-27-19(24)20(30)25/h1-9,11H,10H2,(H,28,31). The van der Waals surface area contributed by atoms with Crippen LogP contribution >= 0.6 is 58.2 Å². The largest absolute Gasteiger partial charge is 0.324 e. The highest BCUT2D eigenvalue weighted by atomic mass is 35.5. The van der Waals surface area contributed by atoms with Crippen LogP contribution in [0.2, 0.25) is 20.4 Å². The molecule has 0 saturated heterocycles. The molecule has 11 heteroatoms. The number of benzene rings is 2. The average molecular weight is 525 g/mol. The van der Waals surface area contributed by atoms with Crippen LogP contribution in [0.1, 0.15) is 0 Å². The number of anilines is 1. The van der Waals surface area contributed by atoms with Crippen molar-refractivity contribution in [3.05, 3.63) is 81.4 Å². The molecule has 2 aromatic carbocycles. The summed E-state index contributed by atoms with van der Waals surface area (Å²) in [6.45, 7) is 0. The maximum absolute atomic E-state index is 12.3. The fraction of sp³-hybridized carbons (Fsp3) is 0.0476. The summed E-state index contributed by atoms with van der Waals surface area (Å²) in [6.07, 6.45) is 3.21. The molecule has 0 radical (unpaired) electrons. The van der Waals surface area contributed by atoms with Crippen LogP contribution < -0.4 is 5.32 Å². The lowest BCUT2D eigenvalue weighted by Crippen LogP contribution is -2.14. The third-order valence-corrected chi connectivity index (χ3v) is 6.42. The molecule has 0 saturated carbocycles. The van der Waals surface area contributed by atoms with E-state index in [0.29, 0.717) is 26.0 Å². The van der Waals surface area contributed by atoms with E-state index in [2.05, 4.69) is 20.3 Å². The molecule has 0 atom stereocenters. The zero-order chi connectivity index (χ0) is 22.7. The van der Waals surface area contributed by atoms with E-state index in [0.717, 1.165) is 16.9 Å². The molecule has 0 spiro atoms. The van der Waals surface area contributed by atoms with Gasteiger partial charge in [0, 0.05) is 22.5 Å². The minimum absolute atomic E-state index is 0.126. The summed E-state index contributed by atoms with van der Waals surface area (Å²) >= 11 is 25.2. The highest BCUT2D eigenvalue weighted by Crippen LogP contribution is 2.27. The van der Waals surface area contributed by atoms with E-state index in [-0.39, 0.29) is 16.8 Å². The van der Waals surface area contributed by atoms with Crippen molar-refractivity contribution < 1.29 is 4.79 Å². The molecule has 32 heavy (non-hydrogen) atoms. The first-order valence-corrected chi connectivity index (χ1v) is 11.6. The molecule has 0 bridgehead atoms. The number of thioether (sulfide) groups is 1. The Balaban J connectivity index is 1.42. The van der Waals surface area contributed by atoms with Crippen molar-refractivity contribution in [1.29, 1.82) is 0 Å². The lowest BCUT2D eigenvalue weighted by atomic mass is 10.1. The SMILES string of the molecule is O=C(CSc1nccc(-c2ccc(-n3cnc(Cl)c3Cl)cc2)n1)Nc1ccc(Cl)cc1Cl. The number of halogens is 4. The van der Waals surface area contributed by atoms with Gasteiger partial charge in [-0.15, -0.1) is 0 Å². The molecule has 162 valence electrons. The summed E-state index contributed by atoms with van der Waals surface area (Å²) in [6, 6.07) is 14.3. The van der Waals surface area contributed by atoms with Gasteiger partial charge >= 0.3 is 0 Å². The monoisotopic (exact) mass is 523 g/mol. The predicted octanol–water partition coefficient (Wildman–Crippen LogP) is 6.67. The Bertz CT molecular complexity index is 1280. The third-order valence-electron chi connectivity index (χ3n) is 4.28. The van der Waals surface area contributed by atoms with E-state index in [1.165, 1.54) is 11.8 Å². The first-order valence-electron chi connectivity index (χ1n) is 9.10. The minimum atomic E-state index is -0.228. The van der Waals surface area contributed by atoms with Crippen LogP contribution in [0.15, 0.2) is 66.2 Å². The summed E-state index contributed by atoms with van der Waals surface area (Å²) < 4.78 is 1.68. The van der Waals surface area contributed by atoms with E-state index >= 15 is 0 Å². The number of nitrogens with one attached hydrogen (secondary N) is 1. The number of rotatable bonds is 6. The number of carbonyl (C=O) groups excluding carboxylic acids is 1. The maximum atomic E-state index is 12.3. The minimum Gasteiger partial charge on any atom is -0.324 e. The Labute approximate surface area is 207 Å². The van der Waals surface area contributed by atoms with Crippen molar-refractivity contribution in [2.75, 3.05) is 11.1 Å². The summed E-state index contributed by atoms with van der Waals surface area (Å²) in [5, 5.41) is 4.69. The van der Waals surface area contributed by atoms with Gasteiger partial charge in [0.15, 0.2) is 15.5 Å². The van der Waals surface area contributed by atoms with Crippen molar-refractivity contribution in [2.45, 2.75) is 5.16 Å². The molecular formula is C21H13Cl4N5OS. The van der Waals surface area contributed by atoms with Gasteiger partial charge in [-0.25, -0.2) is 15.0 Å². The summed E-state index contributed by atoms with van der Waals surface area (Å²) in [7, 11) is 0. The third kappa shape index (κ3) is 5.36. The molecule has 4 rings (SSSR count). The van der Waals surface area contributed by atoms with Crippen LogP contribution in [0.5, 0.6) is 0 Å². The molecule has 0 aliphatic carbocycles. The second-order valence-electron chi connectivity index (χ2n) is 6.43. The Morgan fingerprint density at radius 1 is 1.00 bits per heavy atom. The zero-order valence-electron chi connectivity index (χ0n) is 16.1. The lowest BCUT2D eigenvalue weighted by molar-refractivity contribution is -0.113. The number of aromatic nitrogens is 4. The summed E-state index contributed by atoms with van der Waals surface area (Å²) in [5.74, 6) is -0.102. The molecule has 2 heterocycles. The first kappa shape index (κ1) is 22.9. The lowest BCUT2D eigenvalue weighted by Gasteiger charge is -2.08. The Hall–Kier alpha value is -2.29. The van der Waals surface area contributed by atoms with Crippen molar-refractivity contribution in [3.8, 4) is 16.9 Å². The second-order valence-corrected chi connectivity index (χ2v) is 8.93. The summed E-state index contributed by atoms with van der Waals surface area (Å²) in [4.78, 5) is 25.0. The van der Waals surface area contributed by atoms with Gasteiger partial charge < -0.3 is 5.32 Å². The molecule has 1 N–H and O–H groups in total. The van der Waals surface area contributed by atoms with Crippen LogP contribution in [-0.4, -0.2) is 31.2 Å². The molecular weight excluding hydrogens is 512 g/mol. The number of nitrogens with zero attached hydrogens (tertiary/aromatic N) is 4. The van der Waals surface area contributed by atoms with E-state index in [1.807, 2.05) is 24.3 Å². The second kappa shape index (κ2) is 10.1. The van der Waals surface area contributed by atoms with Crippen LogP contribution in [-0.2, 0) is 4.79 Å². The quantitative estimate of drug-likeness (QED) is 0.225. The predicted molar refractivity (Wildman–Crippen MR) is 130 cm³/mol. The number of hydrogen-bond donors (Lipinski definition) is 1. The Morgan fingerprint density at radius 2 is 1.78 bits per heavy atom. The number of imidazole rings is 1. The van der Waals surface area contributed by atoms with Gasteiger partial charge in [-0.05, 0) is 36.4 Å². The fourth-order valence-corrected chi connectivity index (χ4v) is 4.17. The molecule has 1 amide bonds. The van der Waals surface area contributed by atoms with Crippen molar-refractivity contribution in [1.82, 2.24) is 19.5 Å². The Morgan fingerprint density at radius 3 is 2.47 bits per heavy atom. The molecule has 0 unspecified atom stereocenters. The van der Waals surface area contributed by atoms with E-state index in [4.69, 9.17) is 46.4 Å². The highest BCUT2D eigenvalue weighted by molar-refractivity contribution is 7.99.